The maximum absolute atomic E-state index is 5.98. The van der Waals surface area contributed by atoms with Crippen LogP contribution in [0.15, 0.2) is 0 Å². The first-order valence-corrected chi connectivity index (χ1v) is 6.33. The van der Waals surface area contributed by atoms with Crippen molar-refractivity contribution in [1.29, 1.82) is 0 Å². The van der Waals surface area contributed by atoms with E-state index in [9.17, 15) is 0 Å². The molecule has 0 aromatic heterocycles. The zero-order chi connectivity index (χ0) is 9.80. The highest BCUT2D eigenvalue weighted by molar-refractivity contribution is 4.79. The topological polar surface area (TPSA) is 38.0 Å². The van der Waals surface area contributed by atoms with Gasteiger partial charge < -0.3 is 11.1 Å². The molecular weight excluding hydrogens is 172 g/mol. The van der Waals surface area contributed by atoms with Crippen molar-refractivity contribution in [2.75, 3.05) is 6.54 Å². The van der Waals surface area contributed by atoms with Crippen molar-refractivity contribution in [2.24, 2.45) is 11.7 Å². The van der Waals surface area contributed by atoms with Crippen molar-refractivity contribution >= 4 is 0 Å². The van der Waals surface area contributed by atoms with Crippen LogP contribution < -0.4 is 11.1 Å². The first-order chi connectivity index (χ1) is 6.84. The predicted octanol–water partition coefficient (Wildman–Crippen LogP) is 2.04. The van der Waals surface area contributed by atoms with Crippen LogP contribution in [0.1, 0.15) is 51.4 Å². The molecule has 2 heteroatoms. The van der Waals surface area contributed by atoms with Crippen molar-refractivity contribution < 1.29 is 0 Å². The first-order valence-electron chi connectivity index (χ1n) is 6.33. The number of nitrogens with one attached hydrogen (secondary N) is 1. The minimum atomic E-state index is 0.485. The zero-order valence-corrected chi connectivity index (χ0v) is 9.17. The molecule has 2 aliphatic carbocycles. The highest BCUT2D eigenvalue weighted by Crippen LogP contribution is 2.23. The second-order valence-corrected chi connectivity index (χ2v) is 5.18. The fraction of sp³-hybridized carbons (Fsp3) is 1.00. The second-order valence-electron chi connectivity index (χ2n) is 5.18. The molecular formula is C12H24N2. The van der Waals surface area contributed by atoms with Crippen LogP contribution in [0.2, 0.25) is 0 Å². The van der Waals surface area contributed by atoms with Crippen LogP contribution in [0.3, 0.4) is 0 Å². The average Bonchev–Trinajstić information content (AvgIpc) is 2.67. The average molecular weight is 196 g/mol. The third-order valence-corrected chi connectivity index (χ3v) is 3.87. The SMILES string of the molecule is NC1CCCC(CNC2CCCC2)C1. The Morgan fingerprint density at radius 2 is 1.79 bits per heavy atom. The Morgan fingerprint density at radius 3 is 2.50 bits per heavy atom. The van der Waals surface area contributed by atoms with E-state index in [0.717, 1.165) is 12.0 Å². The van der Waals surface area contributed by atoms with E-state index in [1.54, 1.807) is 0 Å². The molecule has 0 bridgehead atoms. The van der Waals surface area contributed by atoms with E-state index in [1.165, 1.54) is 57.9 Å². The summed E-state index contributed by atoms with van der Waals surface area (Å²) >= 11 is 0. The molecule has 2 rings (SSSR count). The highest BCUT2D eigenvalue weighted by atomic mass is 14.9. The molecule has 0 saturated heterocycles. The van der Waals surface area contributed by atoms with Gasteiger partial charge in [-0.25, -0.2) is 0 Å². The van der Waals surface area contributed by atoms with E-state index < -0.39 is 0 Å². The Bertz CT molecular complexity index is 164. The molecule has 0 heterocycles. The number of rotatable bonds is 3. The lowest BCUT2D eigenvalue weighted by Crippen LogP contribution is -2.36. The summed E-state index contributed by atoms with van der Waals surface area (Å²) in [6.45, 7) is 1.22. The smallest absolute Gasteiger partial charge is 0.00671 e. The summed E-state index contributed by atoms with van der Waals surface area (Å²) in [7, 11) is 0. The zero-order valence-electron chi connectivity index (χ0n) is 9.17. The van der Waals surface area contributed by atoms with Gasteiger partial charge in [-0.3, -0.25) is 0 Å². The lowest BCUT2D eigenvalue weighted by molar-refractivity contribution is 0.300. The van der Waals surface area contributed by atoms with Crippen LogP contribution in [0.5, 0.6) is 0 Å². The Hall–Kier alpha value is -0.0800. The van der Waals surface area contributed by atoms with Crippen LogP contribution in [-0.4, -0.2) is 18.6 Å². The monoisotopic (exact) mass is 196 g/mol. The molecule has 3 N–H and O–H groups in total. The molecule has 2 unspecified atom stereocenters. The standard InChI is InChI=1S/C12H24N2/c13-11-5-3-4-10(8-11)9-14-12-6-1-2-7-12/h10-12,14H,1-9,13H2. The van der Waals surface area contributed by atoms with Gasteiger partial charge in [0.15, 0.2) is 0 Å². The fourth-order valence-corrected chi connectivity index (χ4v) is 2.98. The molecule has 2 fully saturated rings. The van der Waals surface area contributed by atoms with Gasteiger partial charge in [-0.05, 0) is 44.6 Å². The maximum atomic E-state index is 5.98. The van der Waals surface area contributed by atoms with Gasteiger partial charge in [0.05, 0.1) is 0 Å². The van der Waals surface area contributed by atoms with Gasteiger partial charge in [-0.15, -0.1) is 0 Å². The van der Waals surface area contributed by atoms with Crippen LogP contribution in [-0.2, 0) is 0 Å². The van der Waals surface area contributed by atoms with E-state index in [1.807, 2.05) is 0 Å². The van der Waals surface area contributed by atoms with Crippen molar-refractivity contribution in [3.8, 4) is 0 Å². The normalized spacial score (nSPS) is 34.9. The molecule has 2 atom stereocenters. The molecule has 0 aliphatic heterocycles. The fourth-order valence-electron chi connectivity index (χ4n) is 2.98. The van der Waals surface area contributed by atoms with Gasteiger partial charge in [0.1, 0.15) is 0 Å². The quantitative estimate of drug-likeness (QED) is 0.725. The highest BCUT2D eigenvalue weighted by Gasteiger charge is 2.21. The van der Waals surface area contributed by atoms with Crippen LogP contribution >= 0.6 is 0 Å². The number of nitrogens with two attached hydrogens (primary N) is 1. The molecule has 2 saturated carbocycles. The molecule has 2 nitrogen and oxygen atoms in total. The molecule has 0 aromatic rings. The molecule has 0 spiro atoms. The van der Waals surface area contributed by atoms with Crippen molar-refractivity contribution in [2.45, 2.75) is 63.5 Å². The van der Waals surface area contributed by atoms with Gasteiger partial charge >= 0.3 is 0 Å². The Kier molecular flexibility index (Phi) is 3.82. The largest absolute Gasteiger partial charge is 0.328 e. The van der Waals surface area contributed by atoms with Crippen molar-refractivity contribution in [3.05, 3.63) is 0 Å². The molecule has 0 radical (unpaired) electrons. The molecule has 2 aliphatic rings. The number of hydrogen-bond donors (Lipinski definition) is 2. The molecule has 82 valence electrons. The van der Waals surface area contributed by atoms with Crippen molar-refractivity contribution in [3.63, 3.8) is 0 Å². The lowest BCUT2D eigenvalue weighted by Gasteiger charge is -2.27. The van der Waals surface area contributed by atoms with Gasteiger partial charge in [0, 0.05) is 12.1 Å². The summed E-state index contributed by atoms with van der Waals surface area (Å²) in [5.41, 5.74) is 5.98. The minimum Gasteiger partial charge on any atom is -0.328 e. The molecule has 0 aromatic carbocycles. The van der Waals surface area contributed by atoms with E-state index in [-0.39, 0.29) is 0 Å². The van der Waals surface area contributed by atoms with Crippen molar-refractivity contribution in [1.82, 2.24) is 5.32 Å². The summed E-state index contributed by atoms with van der Waals surface area (Å²) in [4.78, 5) is 0. The summed E-state index contributed by atoms with van der Waals surface area (Å²) < 4.78 is 0. The van der Waals surface area contributed by atoms with Crippen LogP contribution in [0.25, 0.3) is 0 Å². The second kappa shape index (κ2) is 5.13. The third-order valence-electron chi connectivity index (χ3n) is 3.87. The Morgan fingerprint density at radius 1 is 1.00 bits per heavy atom. The van der Waals surface area contributed by atoms with Crippen LogP contribution in [0.4, 0.5) is 0 Å². The summed E-state index contributed by atoms with van der Waals surface area (Å²) in [6, 6.07) is 1.31. The van der Waals surface area contributed by atoms with E-state index in [0.29, 0.717) is 6.04 Å². The molecule has 0 amide bonds. The van der Waals surface area contributed by atoms with E-state index in [4.69, 9.17) is 5.73 Å². The molecule has 14 heavy (non-hydrogen) atoms. The third kappa shape index (κ3) is 2.96. The van der Waals surface area contributed by atoms with Gasteiger partial charge in [0.25, 0.3) is 0 Å². The predicted molar refractivity (Wildman–Crippen MR) is 60.2 cm³/mol. The summed E-state index contributed by atoms with van der Waals surface area (Å²) in [5.74, 6) is 0.861. The Labute approximate surface area is 87.6 Å². The van der Waals surface area contributed by atoms with Gasteiger partial charge in [-0.2, -0.15) is 0 Å². The minimum absolute atomic E-state index is 0.485. The summed E-state index contributed by atoms with van der Waals surface area (Å²) in [5, 5.41) is 3.72. The lowest BCUT2D eigenvalue weighted by atomic mass is 9.86. The summed E-state index contributed by atoms with van der Waals surface area (Å²) in [6.07, 6.45) is 10.9. The van der Waals surface area contributed by atoms with E-state index in [2.05, 4.69) is 5.32 Å². The van der Waals surface area contributed by atoms with Gasteiger partial charge in [-0.1, -0.05) is 19.3 Å². The number of hydrogen-bond acceptors (Lipinski definition) is 2. The van der Waals surface area contributed by atoms with Gasteiger partial charge in [0.2, 0.25) is 0 Å². The Balaban J connectivity index is 1.64. The van der Waals surface area contributed by atoms with E-state index >= 15 is 0 Å². The van der Waals surface area contributed by atoms with Crippen LogP contribution in [0, 0.1) is 5.92 Å². The maximum Gasteiger partial charge on any atom is 0.00671 e. The first kappa shape index (κ1) is 10.4.